The molecule has 0 unspecified atom stereocenters. The fraction of sp³-hybridized carbons (Fsp3) is 0.314. The number of hydrogen-bond acceptors (Lipinski definition) is 5. The van der Waals surface area contributed by atoms with E-state index in [4.69, 9.17) is 15.7 Å². The van der Waals surface area contributed by atoms with Crippen molar-refractivity contribution in [3.63, 3.8) is 0 Å². The number of carboxylic acid groups (broad SMARTS) is 1. The van der Waals surface area contributed by atoms with Crippen molar-refractivity contribution >= 4 is 33.8 Å². The minimum Gasteiger partial charge on any atom is -0.480 e. The minimum atomic E-state index is -1.04. The number of benzene rings is 3. The molecule has 43 heavy (non-hydrogen) atoms. The average molecular weight is 576 g/mol. The molecule has 8 heteroatoms. The number of fused-ring (bicyclic) bond motifs is 2. The summed E-state index contributed by atoms with van der Waals surface area (Å²) in [4.78, 5) is 34.9. The summed E-state index contributed by atoms with van der Waals surface area (Å²) >= 11 is 0. The largest absolute Gasteiger partial charge is 0.480 e. The Bertz CT molecular complexity index is 1760. The molecule has 4 N–H and O–H groups in total. The number of aromatic nitrogens is 3. The number of aliphatic carboxylic acids is 1. The number of amides is 1. The first-order valence-corrected chi connectivity index (χ1v) is 15.2. The Balaban J connectivity index is 1.36. The maximum atomic E-state index is 13.1. The van der Waals surface area contributed by atoms with Gasteiger partial charge in [0.2, 0.25) is 0 Å². The maximum absolute atomic E-state index is 13.1. The molecule has 1 aliphatic carbocycles. The normalized spacial score (nSPS) is 14.6. The smallest absolute Gasteiger partial charge is 0.326 e. The Morgan fingerprint density at radius 2 is 1.70 bits per heavy atom. The zero-order valence-electron chi connectivity index (χ0n) is 24.2. The summed E-state index contributed by atoms with van der Waals surface area (Å²) in [5.41, 5.74) is 11.6. The van der Waals surface area contributed by atoms with Gasteiger partial charge in [0.1, 0.15) is 11.9 Å². The third-order valence-corrected chi connectivity index (χ3v) is 8.46. The fourth-order valence-electron chi connectivity index (χ4n) is 6.18. The van der Waals surface area contributed by atoms with Gasteiger partial charge >= 0.3 is 5.97 Å². The van der Waals surface area contributed by atoms with Crippen molar-refractivity contribution in [1.29, 1.82) is 0 Å². The molecule has 0 radical (unpaired) electrons. The molecule has 1 aliphatic rings. The van der Waals surface area contributed by atoms with Crippen LogP contribution in [0.15, 0.2) is 78.9 Å². The monoisotopic (exact) mass is 575 g/mol. The standard InChI is InChI=1S/C35H37N5O3/c36-20-8-7-13-30(35(42)43)39-34(41)26-16-19-32-31(22-26)38-33(40(32)27-11-5-2-6-12-27)25-15-18-29-24(21-25)14-17-28(37-29)23-9-3-1-4-10-23/h1,3-4,9-10,14-19,21-22,27,30H,2,5-8,11-13,20,36H2,(H,39,41)(H,42,43)/t30-/m0/s1. The highest BCUT2D eigenvalue weighted by atomic mass is 16.4. The van der Waals surface area contributed by atoms with Crippen LogP contribution in [0.1, 0.15) is 67.8 Å². The number of pyridine rings is 1. The molecule has 1 atom stereocenters. The Labute approximate surface area is 251 Å². The van der Waals surface area contributed by atoms with E-state index >= 15 is 0 Å². The van der Waals surface area contributed by atoms with E-state index in [9.17, 15) is 14.7 Å². The number of carbonyl (C=O) groups excluding carboxylic acids is 1. The number of unbranched alkanes of at least 4 members (excludes halogenated alkanes) is 1. The first kappa shape index (κ1) is 28.6. The molecule has 1 saturated carbocycles. The number of nitrogens with one attached hydrogen (secondary N) is 1. The van der Waals surface area contributed by atoms with Gasteiger partial charge in [0.15, 0.2) is 0 Å². The zero-order valence-corrected chi connectivity index (χ0v) is 24.2. The first-order valence-electron chi connectivity index (χ1n) is 15.2. The van der Waals surface area contributed by atoms with Crippen molar-refractivity contribution in [3.05, 3.63) is 84.4 Å². The Morgan fingerprint density at radius 3 is 2.47 bits per heavy atom. The van der Waals surface area contributed by atoms with Gasteiger partial charge in [-0.05, 0) is 81.1 Å². The highest BCUT2D eigenvalue weighted by Crippen LogP contribution is 2.37. The van der Waals surface area contributed by atoms with Crippen LogP contribution in [0, 0.1) is 0 Å². The quantitative estimate of drug-likeness (QED) is 0.159. The lowest BCUT2D eigenvalue weighted by atomic mass is 9.94. The van der Waals surface area contributed by atoms with E-state index in [1.54, 1.807) is 12.1 Å². The number of nitrogens with zero attached hydrogens (tertiary/aromatic N) is 3. The lowest BCUT2D eigenvalue weighted by Gasteiger charge is -2.25. The SMILES string of the molecule is NCCCC[C@H](NC(=O)c1ccc2c(c1)nc(-c1ccc3nc(-c4ccccc4)ccc3c1)n2C1CCCCC1)C(=O)O. The third kappa shape index (κ3) is 6.15. The molecule has 2 aromatic heterocycles. The second kappa shape index (κ2) is 12.8. The molecule has 0 spiro atoms. The second-order valence-electron chi connectivity index (χ2n) is 11.4. The summed E-state index contributed by atoms with van der Waals surface area (Å²) in [6.07, 6.45) is 7.44. The second-order valence-corrected chi connectivity index (χ2v) is 11.4. The van der Waals surface area contributed by atoms with Gasteiger partial charge in [0.25, 0.3) is 5.91 Å². The van der Waals surface area contributed by atoms with E-state index in [1.807, 2.05) is 24.3 Å². The molecule has 0 bridgehead atoms. The van der Waals surface area contributed by atoms with Crippen LogP contribution in [0.5, 0.6) is 0 Å². The Kier molecular flexibility index (Phi) is 8.47. The summed E-state index contributed by atoms with van der Waals surface area (Å²) in [5.74, 6) is -0.586. The van der Waals surface area contributed by atoms with E-state index in [1.165, 1.54) is 19.3 Å². The van der Waals surface area contributed by atoms with Gasteiger partial charge in [-0.15, -0.1) is 0 Å². The zero-order chi connectivity index (χ0) is 29.8. The average Bonchev–Trinajstić information content (AvgIpc) is 3.43. The number of hydrogen-bond donors (Lipinski definition) is 3. The van der Waals surface area contributed by atoms with Crippen molar-refractivity contribution in [3.8, 4) is 22.6 Å². The predicted octanol–water partition coefficient (Wildman–Crippen LogP) is 6.74. The van der Waals surface area contributed by atoms with Crippen LogP contribution >= 0.6 is 0 Å². The van der Waals surface area contributed by atoms with Gasteiger partial charge in [0, 0.05) is 28.1 Å². The lowest BCUT2D eigenvalue weighted by Crippen LogP contribution is -2.40. The Morgan fingerprint density at radius 1 is 0.884 bits per heavy atom. The van der Waals surface area contributed by atoms with Crippen LogP contribution in [0.25, 0.3) is 44.6 Å². The third-order valence-electron chi connectivity index (χ3n) is 8.46. The van der Waals surface area contributed by atoms with Crippen LogP contribution in [0.3, 0.4) is 0 Å². The molecule has 0 aliphatic heterocycles. The van der Waals surface area contributed by atoms with Crippen molar-refractivity contribution in [1.82, 2.24) is 19.9 Å². The molecule has 5 aromatic rings. The van der Waals surface area contributed by atoms with Gasteiger partial charge in [-0.1, -0.05) is 55.7 Å². The molecule has 1 fully saturated rings. The first-order chi connectivity index (χ1) is 21.0. The molecule has 3 aromatic carbocycles. The van der Waals surface area contributed by atoms with Crippen LogP contribution in [0.2, 0.25) is 0 Å². The van der Waals surface area contributed by atoms with Crippen LogP contribution in [-0.4, -0.2) is 44.1 Å². The molecule has 8 nitrogen and oxygen atoms in total. The topological polar surface area (TPSA) is 123 Å². The van der Waals surface area contributed by atoms with E-state index < -0.39 is 17.9 Å². The highest BCUT2D eigenvalue weighted by molar-refractivity contribution is 5.99. The summed E-state index contributed by atoms with van der Waals surface area (Å²) < 4.78 is 2.34. The van der Waals surface area contributed by atoms with Crippen molar-refractivity contribution < 1.29 is 14.7 Å². The van der Waals surface area contributed by atoms with Gasteiger partial charge in [-0.3, -0.25) is 4.79 Å². The maximum Gasteiger partial charge on any atom is 0.326 e. The molecular weight excluding hydrogens is 538 g/mol. The summed E-state index contributed by atoms with van der Waals surface area (Å²) in [6.45, 7) is 0.491. The summed E-state index contributed by atoms with van der Waals surface area (Å²) in [5, 5.41) is 13.4. The summed E-state index contributed by atoms with van der Waals surface area (Å²) in [6, 6.07) is 25.5. The molecular formula is C35H37N5O3. The molecule has 1 amide bonds. The fourth-order valence-corrected chi connectivity index (χ4v) is 6.18. The number of rotatable bonds is 10. The Hall–Kier alpha value is -4.56. The number of carboxylic acids is 1. The van der Waals surface area contributed by atoms with E-state index in [0.29, 0.717) is 37.4 Å². The van der Waals surface area contributed by atoms with E-state index in [-0.39, 0.29) is 0 Å². The minimum absolute atomic E-state index is 0.321. The number of nitrogens with two attached hydrogens (primary N) is 1. The molecule has 220 valence electrons. The summed E-state index contributed by atoms with van der Waals surface area (Å²) in [7, 11) is 0. The number of carbonyl (C=O) groups is 2. The van der Waals surface area contributed by atoms with Gasteiger partial charge in [-0.25, -0.2) is 14.8 Å². The van der Waals surface area contributed by atoms with Gasteiger partial charge in [-0.2, -0.15) is 0 Å². The predicted molar refractivity (Wildman–Crippen MR) is 170 cm³/mol. The van der Waals surface area contributed by atoms with E-state index in [2.05, 4.69) is 52.3 Å². The van der Waals surface area contributed by atoms with Crippen molar-refractivity contribution in [2.24, 2.45) is 5.73 Å². The number of imidazole rings is 1. The lowest BCUT2D eigenvalue weighted by molar-refractivity contribution is -0.139. The molecule has 6 rings (SSSR count). The molecule has 0 saturated heterocycles. The van der Waals surface area contributed by atoms with Crippen molar-refractivity contribution in [2.45, 2.75) is 63.5 Å². The van der Waals surface area contributed by atoms with Crippen LogP contribution in [0.4, 0.5) is 0 Å². The van der Waals surface area contributed by atoms with Crippen LogP contribution in [-0.2, 0) is 4.79 Å². The van der Waals surface area contributed by atoms with Crippen molar-refractivity contribution in [2.75, 3.05) is 6.54 Å². The van der Waals surface area contributed by atoms with Gasteiger partial charge in [0.05, 0.1) is 22.2 Å². The van der Waals surface area contributed by atoms with E-state index in [0.717, 1.165) is 57.4 Å². The highest BCUT2D eigenvalue weighted by Gasteiger charge is 2.25. The van der Waals surface area contributed by atoms with Crippen LogP contribution < -0.4 is 11.1 Å². The molecule has 2 heterocycles. The van der Waals surface area contributed by atoms with Gasteiger partial charge < -0.3 is 20.7 Å².